The van der Waals surface area contributed by atoms with Gasteiger partial charge in [0.25, 0.3) is 0 Å². The van der Waals surface area contributed by atoms with Crippen LogP contribution in [0, 0.1) is 0 Å². The number of carboxylic acid groups (broad SMARTS) is 2. The highest BCUT2D eigenvalue weighted by atomic mass is 16.5. The van der Waals surface area contributed by atoms with Gasteiger partial charge in [0.1, 0.15) is 0 Å². The molecule has 0 heterocycles. The minimum atomic E-state index is -1.39. The van der Waals surface area contributed by atoms with Gasteiger partial charge in [0, 0.05) is 19.1 Å². The Morgan fingerprint density at radius 2 is 1.82 bits per heavy atom. The van der Waals surface area contributed by atoms with Gasteiger partial charge in [0.05, 0.1) is 17.7 Å². The molecule has 0 unspecified atom stereocenters. The van der Waals surface area contributed by atoms with E-state index in [4.69, 9.17) is 14.9 Å². The van der Waals surface area contributed by atoms with Crippen molar-refractivity contribution in [3.05, 3.63) is 47.0 Å². The summed E-state index contributed by atoms with van der Waals surface area (Å²) in [5.74, 6) is -3.41. The van der Waals surface area contributed by atoms with E-state index in [1.54, 1.807) is 0 Å². The van der Waals surface area contributed by atoms with E-state index in [2.05, 4.69) is 6.58 Å². The molecule has 22 heavy (non-hydrogen) atoms. The van der Waals surface area contributed by atoms with Crippen molar-refractivity contribution in [2.45, 2.75) is 12.8 Å². The van der Waals surface area contributed by atoms with Gasteiger partial charge in [-0.3, -0.25) is 0 Å². The highest BCUT2D eigenvalue weighted by Gasteiger charge is 2.22. The first-order valence-electron chi connectivity index (χ1n) is 6.43. The van der Waals surface area contributed by atoms with Crippen LogP contribution in [0.4, 0.5) is 0 Å². The number of rotatable bonds is 8. The fourth-order valence-corrected chi connectivity index (χ4v) is 2.07. The number of aromatic carboxylic acids is 2. The summed E-state index contributed by atoms with van der Waals surface area (Å²) >= 11 is 0. The molecule has 7 heteroatoms. The van der Waals surface area contributed by atoms with Crippen LogP contribution < -0.4 is 0 Å². The zero-order chi connectivity index (χ0) is 16.7. The Bertz CT molecular complexity index is 604. The van der Waals surface area contributed by atoms with Crippen LogP contribution >= 0.6 is 0 Å². The first-order valence-corrected chi connectivity index (χ1v) is 6.43. The maximum Gasteiger partial charge on any atom is 0.336 e. The summed E-state index contributed by atoms with van der Waals surface area (Å²) in [6.45, 7) is 2.90. The molecule has 3 N–H and O–H groups in total. The van der Waals surface area contributed by atoms with Crippen LogP contribution in [0.1, 0.15) is 31.8 Å². The summed E-state index contributed by atoms with van der Waals surface area (Å²) in [6, 6.07) is 2.65. The third kappa shape index (κ3) is 4.16. The van der Waals surface area contributed by atoms with Crippen LogP contribution in [0.3, 0.4) is 0 Å². The average Bonchev–Trinajstić information content (AvgIpc) is 2.47. The molecule has 0 atom stereocenters. The van der Waals surface area contributed by atoms with E-state index in [1.807, 2.05) is 0 Å². The standard InChI is InChI=1S/C15H16O7/c1-2-12(17)22-8-6-10-9(5-7-16)3-4-11(14(18)19)13(10)15(20)21/h2-4,16H,1,5-8H2,(H,18,19)(H,20,21). The minimum Gasteiger partial charge on any atom is -0.478 e. The van der Waals surface area contributed by atoms with Gasteiger partial charge in [-0.25, -0.2) is 14.4 Å². The SMILES string of the molecule is C=CC(=O)OCCc1c(CCO)ccc(C(=O)O)c1C(=O)O. The summed E-state index contributed by atoms with van der Waals surface area (Å²) in [5, 5.41) is 27.4. The molecule has 0 saturated carbocycles. The second kappa shape index (κ2) is 7.94. The van der Waals surface area contributed by atoms with Crippen molar-refractivity contribution in [2.75, 3.05) is 13.2 Å². The summed E-state index contributed by atoms with van der Waals surface area (Å²) in [7, 11) is 0. The molecule has 0 aliphatic carbocycles. The lowest BCUT2D eigenvalue weighted by molar-refractivity contribution is -0.137. The lowest BCUT2D eigenvalue weighted by atomic mass is 9.92. The first-order chi connectivity index (χ1) is 10.4. The monoisotopic (exact) mass is 308 g/mol. The molecule has 7 nitrogen and oxygen atoms in total. The van der Waals surface area contributed by atoms with Crippen molar-refractivity contribution < 1.29 is 34.4 Å². The number of hydrogen-bond acceptors (Lipinski definition) is 5. The molecule has 0 aliphatic rings. The topological polar surface area (TPSA) is 121 Å². The molecular weight excluding hydrogens is 292 g/mol. The Hall–Kier alpha value is -2.67. The molecule has 0 fully saturated rings. The van der Waals surface area contributed by atoms with Crippen LogP contribution in [0.5, 0.6) is 0 Å². The maximum absolute atomic E-state index is 11.4. The Morgan fingerprint density at radius 1 is 1.14 bits per heavy atom. The van der Waals surface area contributed by atoms with E-state index in [0.717, 1.165) is 6.08 Å². The zero-order valence-electron chi connectivity index (χ0n) is 11.7. The zero-order valence-corrected chi connectivity index (χ0v) is 11.7. The lowest BCUT2D eigenvalue weighted by Crippen LogP contribution is -2.16. The number of ether oxygens (including phenoxy) is 1. The summed E-state index contributed by atoms with van der Waals surface area (Å²) in [6.07, 6.45) is 1.17. The lowest BCUT2D eigenvalue weighted by Gasteiger charge is -2.14. The number of benzene rings is 1. The fraction of sp³-hybridized carbons (Fsp3) is 0.267. The van der Waals surface area contributed by atoms with Gasteiger partial charge in [-0.05, 0) is 23.6 Å². The number of carboxylic acids is 2. The molecular formula is C15H16O7. The number of carbonyl (C=O) groups excluding carboxylic acids is 1. The van der Waals surface area contributed by atoms with E-state index < -0.39 is 17.9 Å². The quantitative estimate of drug-likeness (QED) is 0.481. The molecule has 0 aliphatic heterocycles. The summed E-state index contributed by atoms with van der Waals surface area (Å²) < 4.78 is 4.80. The Kier molecular flexibility index (Phi) is 6.27. The van der Waals surface area contributed by atoms with Gasteiger partial charge >= 0.3 is 17.9 Å². The Labute approximate surface area is 126 Å². The number of esters is 1. The van der Waals surface area contributed by atoms with Crippen LogP contribution in [0.2, 0.25) is 0 Å². The van der Waals surface area contributed by atoms with Crippen molar-refractivity contribution in [2.24, 2.45) is 0 Å². The minimum absolute atomic E-state index is 0.0255. The van der Waals surface area contributed by atoms with E-state index in [9.17, 15) is 19.5 Å². The largest absolute Gasteiger partial charge is 0.478 e. The Balaban J connectivity index is 3.24. The van der Waals surface area contributed by atoms with Crippen molar-refractivity contribution in [1.29, 1.82) is 0 Å². The van der Waals surface area contributed by atoms with Crippen LogP contribution in [0.25, 0.3) is 0 Å². The molecule has 1 aromatic rings. The maximum atomic E-state index is 11.4. The van der Waals surface area contributed by atoms with Gasteiger partial charge in [-0.15, -0.1) is 0 Å². The van der Waals surface area contributed by atoms with Gasteiger partial charge in [-0.1, -0.05) is 12.6 Å². The molecule has 1 rings (SSSR count). The van der Waals surface area contributed by atoms with E-state index in [-0.39, 0.29) is 42.7 Å². The highest BCUT2D eigenvalue weighted by molar-refractivity contribution is 6.03. The molecule has 0 saturated heterocycles. The van der Waals surface area contributed by atoms with Crippen LogP contribution in [-0.2, 0) is 22.4 Å². The van der Waals surface area contributed by atoms with Crippen LogP contribution in [0.15, 0.2) is 24.8 Å². The summed E-state index contributed by atoms with van der Waals surface area (Å²) in [4.78, 5) is 33.6. The van der Waals surface area contributed by atoms with Crippen molar-refractivity contribution in [3.8, 4) is 0 Å². The number of carbonyl (C=O) groups is 3. The normalized spacial score (nSPS) is 10.0. The number of hydrogen-bond donors (Lipinski definition) is 3. The van der Waals surface area contributed by atoms with Gasteiger partial charge in [0.15, 0.2) is 0 Å². The van der Waals surface area contributed by atoms with E-state index in [1.165, 1.54) is 12.1 Å². The molecule has 0 spiro atoms. The van der Waals surface area contributed by atoms with Gasteiger partial charge < -0.3 is 20.1 Å². The average molecular weight is 308 g/mol. The predicted octanol–water partition coefficient (Wildman–Crippen LogP) is 0.890. The number of aliphatic hydroxyl groups is 1. The molecule has 0 bridgehead atoms. The van der Waals surface area contributed by atoms with E-state index in [0.29, 0.717) is 5.56 Å². The first kappa shape index (κ1) is 17.4. The fourth-order valence-electron chi connectivity index (χ4n) is 2.07. The van der Waals surface area contributed by atoms with Crippen molar-refractivity contribution in [3.63, 3.8) is 0 Å². The van der Waals surface area contributed by atoms with E-state index >= 15 is 0 Å². The van der Waals surface area contributed by atoms with Crippen LogP contribution in [-0.4, -0.2) is 46.4 Å². The molecule has 1 aromatic carbocycles. The molecule has 0 radical (unpaired) electrons. The predicted molar refractivity (Wildman–Crippen MR) is 76.0 cm³/mol. The Morgan fingerprint density at radius 3 is 2.32 bits per heavy atom. The smallest absolute Gasteiger partial charge is 0.336 e. The molecule has 0 amide bonds. The number of aliphatic hydroxyl groups excluding tert-OH is 1. The van der Waals surface area contributed by atoms with Crippen molar-refractivity contribution >= 4 is 17.9 Å². The second-order valence-electron chi connectivity index (χ2n) is 4.33. The van der Waals surface area contributed by atoms with Crippen molar-refractivity contribution in [1.82, 2.24) is 0 Å². The van der Waals surface area contributed by atoms with Gasteiger partial charge in [-0.2, -0.15) is 0 Å². The second-order valence-corrected chi connectivity index (χ2v) is 4.33. The highest BCUT2D eigenvalue weighted by Crippen LogP contribution is 2.21. The summed E-state index contributed by atoms with van der Waals surface area (Å²) in [5.41, 5.74) is 0.0326. The molecule has 0 aromatic heterocycles. The molecule has 118 valence electrons. The van der Waals surface area contributed by atoms with Gasteiger partial charge in [0.2, 0.25) is 0 Å². The third-order valence-corrected chi connectivity index (χ3v) is 3.00. The third-order valence-electron chi connectivity index (χ3n) is 3.00.